The summed E-state index contributed by atoms with van der Waals surface area (Å²) in [6, 6.07) is 9.81. The number of benzene rings is 1. The monoisotopic (exact) mass is 425 g/mol. The highest BCUT2D eigenvalue weighted by Crippen LogP contribution is 2.44. The minimum Gasteiger partial charge on any atom is -0.455 e. The van der Waals surface area contributed by atoms with Gasteiger partial charge in [0.2, 0.25) is 0 Å². The molecule has 1 aliphatic heterocycles. The molecule has 0 unspecified atom stereocenters. The van der Waals surface area contributed by atoms with Crippen molar-refractivity contribution in [1.29, 1.82) is 5.26 Å². The number of hydrogen-bond donors (Lipinski definition) is 2. The van der Waals surface area contributed by atoms with Gasteiger partial charge in [-0.15, -0.1) is 11.3 Å². The molecule has 158 valence electrons. The lowest BCUT2D eigenvalue weighted by molar-refractivity contribution is -0.146. The number of esters is 1. The van der Waals surface area contributed by atoms with Crippen LogP contribution in [0.5, 0.6) is 0 Å². The van der Waals surface area contributed by atoms with E-state index in [1.54, 1.807) is 0 Å². The Morgan fingerprint density at radius 1 is 1.27 bits per heavy atom. The molecule has 2 heterocycles. The van der Waals surface area contributed by atoms with E-state index in [9.17, 15) is 14.9 Å². The van der Waals surface area contributed by atoms with Gasteiger partial charge in [-0.05, 0) is 57.7 Å². The third-order valence-corrected chi connectivity index (χ3v) is 6.64. The first-order chi connectivity index (χ1) is 14.0. The van der Waals surface area contributed by atoms with Crippen LogP contribution in [0.4, 0.5) is 5.00 Å². The van der Waals surface area contributed by atoms with E-state index in [1.807, 2.05) is 31.2 Å². The van der Waals surface area contributed by atoms with Crippen molar-refractivity contribution >= 4 is 28.2 Å². The molecule has 6 nitrogen and oxygen atoms in total. The van der Waals surface area contributed by atoms with Gasteiger partial charge in [-0.3, -0.25) is 9.59 Å². The van der Waals surface area contributed by atoms with Gasteiger partial charge in [0.15, 0.2) is 6.61 Å². The van der Waals surface area contributed by atoms with Gasteiger partial charge in [0.25, 0.3) is 5.91 Å². The topological polar surface area (TPSA) is 91.2 Å². The predicted octanol–water partition coefficient (Wildman–Crippen LogP) is 3.81. The van der Waals surface area contributed by atoms with E-state index in [0.717, 1.165) is 21.6 Å². The maximum absolute atomic E-state index is 12.4. The molecule has 3 rings (SSSR count). The molecule has 0 spiro atoms. The number of rotatable bonds is 5. The van der Waals surface area contributed by atoms with Gasteiger partial charge in [0.1, 0.15) is 11.1 Å². The molecule has 1 aromatic heterocycles. The molecular formula is C23H27N3O3S. The fraction of sp³-hybridized carbons (Fsp3) is 0.435. The predicted molar refractivity (Wildman–Crippen MR) is 117 cm³/mol. The quantitative estimate of drug-likeness (QED) is 0.711. The fourth-order valence-electron chi connectivity index (χ4n) is 4.06. The molecule has 1 amide bonds. The highest BCUT2D eigenvalue weighted by molar-refractivity contribution is 7.17. The molecule has 0 radical (unpaired) electrons. The first-order valence-corrected chi connectivity index (χ1v) is 10.7. The molecule has 2 N–H and O–H groups in total. The second kappa shape index (κ2) is 8.21. The minimum absolute atomic E-state index is 0.117. The summed E-state index contributed by atoms with van der Waals surface area (Å²) in [7, 11) is 0. The Labute approximate surface area is 181 Å². The van der Waals surface area contributed by atoms with Gasteiger partial charge in [0.05, 0.1) is 12.0 Å². The maximum Gasteiger partial charge on any atom is 0.310 e. The van der Waals surface area contributed by atoms with E-state index in [1.165, 1.54) is 11.3 Å². The standard InChI is InChI=1S/C23H27N3O3S/c1-14-8-6-7-9-15(14)10-19(28)29-13-18(27)25-21-17(12-24)16-11-22(2,3)26-23(4,5)20(16)30-21/h6-9,26H,10-11,13H2,1-5H3,(H,25,27). The zero-order valence-corrected chi connectivity index (χ0v) is 18.8. The second-order valence-electron chi connectivity index (χ2n) is 8.85. The van der Waals surface area contributed by atoms with E-state index in [0.29, 0.717) is 17.0 Å². The summed E-state index contributed by atoms with van der Waals surface area (Å²) >= 11 is 1.40. The fourth-order valence-corrected chi connectivity index (χ4v) is 5.30. The lowest BCUT2D eigenvalue weighted by Gasteiger charge is -2.42. The third kappa shape index (κ3) is 4.72. The summed E-state index contributed by atoms with van der Waals surface area (Å²) in [5.41, 5.74) is 2.88. The Balaban J connectivity index is 1.68. The van der Waals surface area contributed by atoms with Crippen molar-refractivity contribution in [3.05, 3.63) is 51.4 Å². The summed E-state index contributed by atoms with van der Waals surface area (Å²) in [6.45, 7) is 9.89. The maximum atomic E-state index is 12.4. The molecule has 1 aromatic carbocycles. The highest BCUT2D eigenvalue weighted by Gasteiger charge is 2.40. The van der Waals surface area contributed by atoms with Crippen LogP contribution in [0.1, 0.15) is 54.8 Å². The number of thiophene rings is 1. The molecule has 0 fully saturated rings. The summed E-state index contributed by atoms with van der Waals surface area (Å²) in [5, 5.41) is 16.6. The molecule has 30 heavy (non-hydrogen) atoms. The molecule has 0 saturated carbocycles. The number of aryl methyl sites for hydroxylation is 1. The van der Waals surface area contributed by atoms with Gasteiger partial charge in [-0.2, -0.15) is 5.26 Å². The second-order valence-corrected chi connectivity index (χ2v) is 9.87. The summed E-state index contributed by atoms with van der Waals surface area (Å²) in [6.07, 6.45) is 0.818. The Morgan fingerprint density at radius 3 is 2.63 bits per heavy atom. The van der Waals surface area contributed by atoms with E-state index >= 15 is 0 Å². The molecule has 2 aromatic rings. The van der Waals surface area contributed by atoms with Gasteiger partial charge in [0, 0.05) is 16.0 Å². The van der Waals surface area contributed by atoms with Crippen LogP contribution in [0.2, 0.25) is 0 Å². The molecule has 1 aliphatic rings. The number of carbonyl (C=O) groups is 2. The van der Waals surface area contributed by atoms with Gasteiger partial charge in [-0.1, -0.05) is 24.3 Å². The van der Waals surface area contributed by atoms with Crippen LogP contribution in [0.25, 0.3) is 0 Å². The van der Waals surface area contributed by atoms with E-state index in [-0.39, 0.29) is 24.1 Å². The lowest BCUT2D eigenvalue weighted by Crippen LogP contribution is -2.54. The number of nitrogens with zero attached hydrogens (tertiary/aromatic N) is 1. The van der Waals surface area contributed by atoms with E-state index in [4.69, 9.17) is 4.74 Å². The molecule has 0 atom stereocenters. The molecule has 0 bridgehead atoms. The van der Waals surface area contributed by atoms with Crippen molar-refractivity contribution in [2.24, 2.45) is 0 Å². The van der Waals surface area contributed by atoms with Crippen LogP contribution in [0.15, 0.2) is 24.3 Å². The zero-order chi connectivity index (χ0) is 22.1. The van der Waals surface area contributed by atoms with E-state index in [2.05, 4.69) is 44.4 Å². The Hall–Kier alpha value is -2.69. The number of hydrogen-bond acceptors (Lipinski definition) is 6. The molecule has 0 aliphatic carbocycles. The number of nitriles is 1. The number of fused-ring (bicyclic) bond motifs is 1. The third-order valence-electron chi connectivity index (χ3n) is 5.17. The normalized spacial score (nSPS) is 16.3. The SMILES string of the molecule is Cc1ccccc1CC(=O)OCC(=O)Nc1sc2c(c1C#N)CC(C)(C)NC2(C)C. The summed E-state index contributed by atoms with van der Waals surface area (Å²) in [5.74, 6) is -0.911. The number of anilines is 1. The summed E-state index contributed by atoms with van der Waals surface area (Å²) in [4.78, 5) is 25.5. The van der Waals surface area contributed by atoms with E-state index < -0.39 is 11.9 Å². The molecule has 7 heteroatoms. The number of amides is 1. The molecular weight excluding hydrogens is 398 g/mol. The average Bonchev–Trinajstić information content (AvgIpc) is 2.98. The number of carbonyl (C=O) groups excluding carboxylic acids is 2. The summed E-state index contributed by atoms with van der Waals surface area (Å²) < 4.78 is 5.14. The van der Waals surface area contributed by atoms with Crippen LogP contribution in [0, 0.1) is 18.3 Å². The van der Waals surface area contributed by atoms with Crippen LogP contribution in [-0.4, -0.2) is 24.0 Å². The number of nitrogens with one attached hydrogen (secondary N) is 2. The largest absolute Gasteiger partial charge is 0.455 e. The average molecular weight is 426 g/mol. The van der Waals surface area contributed by atoms with Crippen LogP contribution < -0.4 is 10.6 Å². The van der Waals surface area contributed by atoms with Gasteiger partial charge in [-0.25, -0.2) is 0 Å². The zero-order valence-electron chi connectivity index (χ0n) is 18.0. The van der Waals surface area contributed by atoms with Crippen LogP contribution in [0.3, 0.4) is 0 Å². The van der Waals surface area contributed by atoms with Crippen LogP contribution >= 0.6 is 11.3 Å². The van der Waals surface area contributed by atoms with Crippen molar-refractivity contribution in [3.8, 4) is 6.07 Å². The lowest BCUT2D eigenvalue weighted by atomic mass is 9.81. The van der Waals surface area contributed by atoms with Crippen molar-refractivity contribution in [2.45, 2.75) is 58.5 Å². The minimum atomic E-state index is -0.461. The van der Waals surface area contributed by atoms with Crippen LogP contribution in [-0.2, 0) is 32.7 Å². The highest BCUT2D eigenvalue weighted by atomic mass is 32.1. The Morgan fingerprint density at radius 2 is 1.97 bits per heavy atom. The first kappa shape index (κ1) is 22.0. The first-order valence-electron chi connectivity index (χ1n) is 9.88. The van der Waals surface area contributed by atoms with Crippen molar-refractivity contribution in [3.63, 3.8) is 0 Å². The Kier molecular flexibility index (Phi) is 6.02. The smallest absolute Gasteiger partial charge is 0.310 e. The number of ether oxygens (including phenoxy) is 1. The van der Waals surface area contributed by atoms with Gasteiger partial charge >= 0.3 is 5.97 Å². The molecule has 0 saturated heterocycles. The van der Waals surface area contributed by atoms with Crippen molar-refractivity contribution < 1.29 is 14.3 Å². The van der Waals surface area contributed by atoms with Crippen molar-refractivity contribution in [1.82, 2.24) is 5.32 Å². The van der Waals surface area contributed by atoms with Gasteiger partial charge < -0.3 is 15.4 Å². The Bertz CT molecular complexity index is 1030. The van der Waals surface area contributed by atoms with Crippen molar-refractivity contribution in [2.75, 3.05) is 11.9 Å².